The monoisotopic (exact) mass is 298 g/mol. The van der Waals surface area contributed by atoms with Gasteiger partial charge in [-0.25, -0.2) is 0 Å². The molecule has 0 atom stereocenters. The Hall–Kier alpha value is -3.22. The molecule has 1 amide bonds. The molecule has 2 aromatic rings. The highest BCUT2D eigenvalue weighted by atomic mass is 16.6. The second-order valence-corrected chi connectivity index (χ2v) is 4.47. The number of nitrogens with zero attached hydrogens (tertiary/aromatic N) is 2. The van der Waals surface area contributed by atoms with Gasteiger partial charge in [-0.2, -0.15) is 0 Å². The van der Waals surface area contributed by atoms with E-state index in [0.29, 0.717) is 11.4 Å². The number of nitro groups is 1. The van der Waals surface area contributed by atoms with Crippen LogP contribution >= 0.6 is 0 Å². The van der Waals surface area contributed by atoms with Gasteiger partial charge >= 0.3 is 0 Å². The van der Waals surface area contributed by atoms with Crippen molar-refractivity contribution in [3.05, 3.63) is 58.1 Å². The smallest absolute Gasteiger partial charge is 0.270 e. The molecule has 0 aromatic heterocycles. The Bertz CT molecular complexity index is 739. The molecule has 2 rings (SSSR count). The topological polar surface area (TPSA) is 108 Å². The highest BCUT2D eigenvalue weighted by Gasteiger charge is 2.05. The Balaban J connectivity index is 2.19. The van der Waals surface area contributed by atoms with Crippen molar-refractivity contribution in [3.8, 4) is 5.75 Å². The van der Waals surface area contributed by atoms with Crippen LogP contribution in [0.15, 0.2) is 47.5 Å². The Labute approximate surface area is 126 Å². The van der Waals surface area contributed by atoms with Crippen LogP contribution in [0, 0.1) is 10.1 Å². The highest BCUT2D eigenvalue weighted by molar-refractivity contribution is 5.89. The van der Waals surface area contributed by atoms with E-state index in [1.54, 1.807) is 24.3 Å². The van der Waals surface area contributed by atoms with Crippen LogP contribution in [-0.2, 0) is 4.79 Å². The molecule has 0 bridgehead atoms. The summed E-state index contributed by atoms with van der Waals surface area (Å²) in [5.41, 5.74) is 1.16. The van der Waals surface area contributed by atoms with Crippen LogP contribution in [0.1, 0.15) is 12.5 Å². The molecule has 7 heteroatoms. The molecule has 0 aliphatic rings. The molecule has 0 unspecified atom stereocenters. The van der Waals surface area contributed by atoms with Crippen molar-refractivity contribution in [2.24, 2.45) is 4.99 Å². The first-order chi connectivity index (χ1) is 10.5. The van der Waals surface area contributed by atoms with Crippen molar-refractivity contribution in [1.29, 1.82) is 0 Å². The number of non-ortho nitro benzene ring substituents is 1. The van der Waals surface area contributed by atoms with Crippen LogP contribution in [0.5, 0.6) is 5.75 Å². The molecule has 0 spiro atoms. The predicted molar refractivity (Wildman–Crippen MR) is 80.5 cm³/mol. The molecule has 0 saturated heterocycles. The molecule has 7 nitrogen and oxygen atoms in total. The van der Waals surface area contributed by atoms with Crippen molar-refractivity contribution in [3.63, 3.8) is 0 Å². The van der Waals surface area contributed by atoms with Crippen molar-refractivity contribution in [1.82, 2.24) is 0 Å². The van der Waals surface area contributed by atoms with Crippen molar-refractivity contribution >= 4 is 29.2 Å². The van der Waals surface area contributed by atoms with Gasteiger partial charge in [-0.15, -0.1) is 0 Å². The van der Waals surface area contributed by atoms with E-state index in [1.807, 2.05) is 0 Å². The second-order valence-electron chi connectivity index (χ2n) is 4.47. The summed E-state index contributed by atoms with van der Waals surface area (Å²) < 4.78 is 0. The number of benzene rings is 2. The average molecular weight is 298 g/mol. The summed E-state index contributed by atoms with van der Waals surface area (Å²) in [4.78, 5) is 25.1. The molecule has 22 heavy (non-hydrogen) atoms. The van der Waals surface area contributed by atoms with Gasteiger partial charge in [0.15, 0.2) is 0 Å². The first kappa shape index (κ1) is 15.2. The SMILES string of the molecule is CC(=O)Nc1ccc(N=Cc2cc([N+](=O)[O-])ccc2[O-])cc1. The summed E-state index contributed by atoms with van der Waals surface area (Å²) in [6, 6.07) is 10.1. The lowest BCUT2D eigenvalue weighted by atomic mass is 10.2. The van der Waals surface area contributed by atoms with Gasteiger partial charge in [-0.05, 0) is 29.8 Å². The molecule has 0 radical (unpaired) electrons. The fraction of sp³-hybridized carbons (Fsp3) is 0.0667. The number of rotatable bonds is 4. The summed E-state index contributed by atoms with van der Waals surface area (Å²) in [6.45, 7) is 1.41. The van der Waals surface area contributed by atoms with Gasteiger partial charge in [0.25, 0.3) is 5.69 Å². The van der Waals surface area contributed by atoms with Gasteiger partial charge in [0, 0.05) is 31.0 Å². The standard InChI is InChI=1S/C15H13N3O4/c1-10(19)17-13-4-2-12(3-5-13)16-9-11-8-14(18(21)22)6-7-15(11)20/h2-9,20H,1H3,(H,17,19)/p-1. The summed E-state index contributed by atoms with van der Waals surface area (Å²) in [7, 11) is 0. The molecule has 0 aliphatic carbocycles. The zero-order valence-electron chi connectivity index (χ0n) is 11.6. The Morgan fingerprint density at radius 2 is 1.91 bits per heavy atom. The van der Waals surface area contributed by atoms with E-state index >= 15 is 0 Å². The van der Waals surface area contributed by atoms with Crippen molar-refractivity contribution < 1.29 is 14.8 Å². The Morgan fingerprint density at radius 3 is 2.50 bits per heavy atom. The lowest BCUT2D eigenvalue weighted by Gasteiger charge is -2.08. The maximum Gasteiger partial charge on any atom is 0.270 e. The number of hydrogen-bond donors (Lipinski definition) is 1. The number of carbonyl (C=O) groups is 1. The first-order valence-electron chi connectivity index (χ1n) is 6.33. The summed E-state index contributed by atoms with van der Waals surface area (Å²) in [5.74, 6) is -0.520. The van der Waals surface area contributed by atoms with Crippen LogP contribution in [0.4, 0.5) is 17.1 Å². The lowest BCUT2D eigenvalue weighted by Crippen LogP contribution is -2.04. The maximum atomic E-state index is 11.6. The minimum absolute atomic E-state index is 0.139. The van der Waals surface area contributed by atoms with E-state index in [1.165, 1.54) is 19.2 Å². The lowest BCUT2D eigenvalue weighted by molar-refractivity contribution is -0.385. The molecule has 0 aliphatic heterocycles. The van der Waals surface area contributed by atoms with Gasteiger partial charge in [0.1, 0.15) is 0 Å². The van der Waals surface area contributed by atoms with E-state index in [0.717, 1.165) is 12.1 Å². The van der Waals surface area contributed by atoms with E-state index in [4.69, 9.17) is 0 Å². The molecular weight excluding hydrogens is 286 g/mol. The zero-order valence-corrected chi connectivity index (χ0v) is 11.6. The number of nitro benzene ring substituents is 1. The van der Waals surface area contributed by atoms with Crippen LogP contribution < -0.4 is 10.4 Å². The summed E-state index contributed by atoms with van der Waals surface area (Å²) in [5, 5.41) is 24.9. The minimum atomic E-state index is -0.570. The Kier molecular flexibility index (Phi) is 4.47. The van der Waals surface area contributed by atoms with Gasteiger partial charge in [0.2, 0.25) is 5.91 Å². The van der Waals surface area contributed by atoms with Gasteiger partial charge < -0.3 is 10.4 Å². The fourth-order valence-electron chi connectivity index (χ4n) is 1.73. The van der Waals surface area contributed by atoms with Gasteiger partial charge in [0.05, 0.1) is 10.6 Å². The average Bonchev–Trinajstić information content (AvgIpc) is 2.47. The van der Waals surface area contributed by atoms with Crippen LogP contribution in [0.2, 0.25) is 0 Å². The molecule has 0 fully saturated rings. The molecule has 112 valence electrons. The van der Waals surface area contributed by atoms with Gasteiger partial charge in [-0.1, -0.05) is 11.8 Å². The maximum absolute atomic E-state index is 11.6. The molecule has 0 saturated carbocycles. The van der Waals surface area contributed by atoms with E-state index in [-0.39, 0.29) is 22.9 Å². The number of nitrogens with one attached hydrogen (secondary N) is 1. The largest absolute Gasteiger partial charge is 0.872 e. The third-order valence-electron chi connectivity index (χ3n) is 2.74. The van der Waals surface area contributed by atoms with Crippen molar-refractivity contribution in [2.45, 2.75) is 6.92 Å². The van der Waals surface area contributed by atoms with E-state index in [9.17, 15) is 20.0 Å². The third kappa shape index (κ3) is 3.89. The summed E-state index contributed by atoms with van der Waals surface area (Å²) in [6.07, 6.45) is 1.28. The number of amides is 1. The minimum Gasteiger partial charge on any atom is -0.872 e. The first-order valence-corrected chi connectivity index (χ1v) is 6.33. The summed E-state index contributed by atoms with van der Waals surface area (Å²) >= 11 is 0. The van der Waals surface area contributed by atoms with Crippen molar-refractivity contribution in [2.75, 3.05) is 5.32 Å². The van der Waals surface area contributed by atoms with Crippen LogP contribution in [0.3, 0.4) is 0 Å². The molecule has 1 N–H and O–H groups in total. The van der Waals surface area contributed by atoms with E-state index in [2.05, 4.69) is 10.3 Å². The fourth-order valence-corrected chi connectivity index (χ4v) is 1.73. The van der Waals surface area contributed by atoms with Gasteiger partial charge in [-0.3, -0.25) is 19.9 Å². The molecule has 2 aromatic carbocycles. The quantitative estimate of drug-likeness (QED) is 0.531. The van der Waals surface area contributed by atoms with Crippen LogP contribution in [-0.4, -0.2) is 17.0 Å². The second kappa shape index (κ2) is 6.49. The third-order valence-corrected chi connectivity index (χ3v) is 2.74. The number of aliphatic imine (C=N–C) groups is 1. The molecular formula is C15H12N3O4-. The molecule has 0 heterocycles. The van der Waals surface area contributed by atoms with Crippen LogP contribution in [0.25, 0.3) is 0 Å². The number of carbonyl (C=O) groups excluding carboxylic acids is 1. The predicted octanol–water partition coefficient (Wildman–Crippen LogP) is 2.38. The normalized spacial score (nSPS) is 10.6. The van der Waals surface area contributed by atoms with E-state index < -0.39 is 4.92 Å². The zero-order chi connectivity index (χ0) is 16.1. The highest BCUT2D eigenvalue weighted by Crippen LogP contribution is 2.21. The number of anilines is 1. The number of hydrogen-bond acceptors (Lipinski definition) is 5. The Morgan fingerprint density at radius 1 is 1.23 bits per heavy atom.